The Kier molecular flexibility index (Phi) is 4.80. The van der Waals surface area contributed by atoms with Crippen molar-refractivity contribution in [3.8, 4) is 11.8 Å². The van der Waals surface area contributed by atoms with Gasteiger partial charge in [0, 0.05) is 33.0 Å². The van der Waals surface area contributed by atoms with E-state index in [1.54, 1.807) is 4.90 Å². The highest BCUT2D eigenvalue weighted by molar-refractivity contribution is 5.78. The van der Waals surface area contributed by atoms with Gasteiger partial charge in [0.2, 0.25) is 5.91 Å². The third-order valence-electron chi connectivity index (χ3n) is 3.43. The van der Waals surface area contributed by atoms with Crippen LogP contribution in [0.3, 0.4) is 0 Å². The van der Waals surface area contributed by atoms with Gasteiger partial charge in [-0.25, -0.2) is 0 Å². The van der Waals surface area contributed by atoms with Crippen LogP contribution in [0.5, 0.6) is 0 Å². The highest BCUT2D eigenvalue weighted by Gasteiger charge is 2.23. The number of esters is 1. The molecular formula is C14H20N2O3. The third-order valence-corrected chi connectivity index (χ3v) is 3.43. The summed E-state index contributed by atoms with van der Waals surface area (Å²) in [5, 5.41) is 0. The predicted molar refractivity (Wildman–Crippen MR) is 70.2 cm³/mol. The van der Waals surface area contributed by atoms with Crippen LogP contribution in [-0.2, 0) is 14.3 Å². The SMILES string of the molecule is CC(=O)OC1CCN(CC#CCN2CCCC2=O)C1. The van der Waals surface area contributed by atoms with Gasteiger partial charge in [0.1, 0.15) is 6.10 Å². The van der Waals surface area contributed by atoms with Crippen LogP contribution in [-0.4, -0.2) is 60.5 Å². The number of carbonyl (C=O) groups excluding carboxylic acids is 2. The average molecular weight is 264 g/mol. The molecule has 2 rings (SSSR count). The first-order chi connectivity index (χ1) is 9.15. The molecule has 2 fully saturated rings. The Morgan fingerprint density at radius 3 is 2.84 bits per heavy atom. The molecule has 104 valence electrons. The van der Waals surface area contributed by atoms with E-state index >= 15 is 0 Å². The minimum atomic E-state index is -0.217. The van der Waals surface area contributed by atoms with Gasteiger partial charge in [0.25, 0.3) is 0 Å². The van der Waals surface area contributed by atoms with Crippen molar-refractivity contribution in [3.63, 3.8) is 0 Å². The molecule has 0 aromatic heterocycles. The zero-order valence-corrected chi connectivity index (χ0v) is 11.4. The Balaban J connectivity index is 1.66. The van der Waals surface area contributed by atoms with Crippen molar-refractivity contribution >= 4 is 11.9 Å². The summed E-state index contributed by atoms with van der Waals surface area (Å²) in [5.41, 5.74) is 0. The van der Waals surface area contributed by atoms with Gasteiger partial charge in [-0.2, -0.15) is 0 Å². The summed E-state index contributed by atoms with van der Waals surface area (Å²) >= 11 is 0. The number of hydrogen-bond donors (Lipinski definition) is 0. The van der Waals surface area contributed by atoms with Crippen LogP contribution >= 0.6 is 0 Å². The molecule has 2 aliphatic heterocycles. The highest BCUT2D eigenvalue weighted by atomic mass is 16.5. The summed E-state index contributed by atoms with van der Waals surface area (Å²) in [6, 6.07) is 0. The summed E-state index contributed by atoms with van der Waals surface area (Å²) in [4.78, 5) is 26.2. The van der Waals surface area contributed by atoms with Crippen LogP contribution in [0.2, 0.25) is 0 Å². The van der Waals surface area contributed by atoms with E-state index in [0.717, 1.165) is 32.5 Å². The summed E-state index contributed by atoms with van der Waals surface area (Å²) in [6.45, 7) is 5.17. The minimum absolute atomic E-state index is 0.0134. The Hall–Kier alpha value is -1.54. The van der Waals surface area contributed by atoms with Crippen molar-refractivity contribution in [2.75, 3.05) is 32.7 Å². The van der Waals surface area contributed by atoms with Crippen molar-refractivity contribution in [2.45, 2.75) is 32.3 Å². The molecule has 2 aliphatic rings. The van der Waals surface area contributed by atoms with E-state index in [4.69, 9.17) is 4.74 Å². The van der Waals surface area contributed by atoms with Gasteiger partial charge in [-0.3, -0.25) is 14.5 Å². The molecular weight excluding hydrogens is 244 g/mol. The lowest BCUT2D eigenvalue weighted by Gasteiger charge is -2.13. The molecule has 0 radical (unpaired) electrons. The first kappa shape index (κ1) is 13.9. The van der Waals surface area contributed by atoms with Gasteiger partial charge in [-0.1, -0.05) is 11.8 Å². The van der Waals surface area contributed by atoms with E-state index in [1.807, 2.05) is 0 Å². The van der Waals surface area contributed by atoms with Crippen LogP contribution in [0.4, 0.5) is 0 Å². The second-order valence-electron chi connectivity index (χ2n) is 5.03. The van der Waals surface area contributed by atoms with Crippen molar-refractivity contribution in [3.05, 3.63) is 0 Å². The van der Waals surface area contributed by atoms with Crippen molar-refractivity contribution in [1.82, 2.24) is 9.80 Å². The number of amides is 1. The molecule has 0 aromatic carbocycles. The molecule has 19 heavy (non-hydrogen) atoms. The predicted octanol–water partition coefficient (Wildman–Crippen LogP) is 0.250. The van der Waals surface area contributed by atoms with Crippen molar-refractivity contribution in [2.24, 2.45) is 0 Å². The Morgan fingerprint density at radius 1 is 1.37 bits per heavy atom. The molecule has 0 bridgehead atoms. The molecule has 0 saturated carbocycles. The maximum absolute atomic E-state index is 11.4. The first-order valence-corrected chi connectivity index (χ1v) is 6.78. The summed E-state index contributed by atoms with van der Waals surface area (Å²) < 4.78 is 5.16. The van der Waals surface area contributed by atoms with Gasteiger partial charge in [-0.15, -0.1) is 0 Å². The fourth-order valence-corrected chi connectivity index (χ4v) is 2.46. The smallest absolute Gasteiger partial charge is 0.302 e. The Morgan fingerprint density at radius 2 is 2.16 bits per heavy atom. The number of likely N-dealkylation sites (tertiary alicyclic amines) is 2. The van der Waals surface area contributed by atoms with Crippen molar-refractivity contribution in [1.29, 1.82) is 0 Å². The number of carbonyl (C=O) groups is 2. The first-order valence-electron chi connectivity index (χ1n) is 6.78. The molecule has 1 amide bonds. The third kappa shape index (κ3) is 4.25. The molecule has 2 heterocycles. The molecule has 0 spiro atoms. The lowest BCUT2D eigenvalue weighted by molar-refractivity contribution is -0.145. The molecule has 1 atom stereocenters. The van der Waals surface area contributed by atoms with Gasteiger partial charge >= 0.3 is 5.97 Å². The van der Waals surface area contributed by atoms with E-state index in [2.05, 4.69) is 16.7 Å². The summed E-state index contributed by atoms with van der Waals surface area (Å²) in [6.07, 6.45) is 2.51. The maximum Gasteiger partial charge on any atom is 0.302 e. The summed E-state index contributed by atoms with van der Waals surface area (Å²) in [5.74, 6) is 6.13. The van der Waals surface area contributed by atoms with Crippen molar-refractivity contribution < 1.29 is 14.3 Å². The number of hydrogen-bond acceptors (Lipinski definition) is 4. The van der Waals surface area contributed by atoms with Crippen LogP contribution in [0.1, 0.15) is 26.2 Å². The van der Waals surface area contributed by atoms with E-state index in [9.17, 15) is 9.59 Å². The fourth-order valence-electron chi connectivity index (χ4n) is 2.46. The van der Waals surface area contributed by atoms with E-state index in [-0.39, 0.29) is 18.0 Å². The fraction of sp³-hybridized carbons (Fsp3) is 0.714. The minimum Gasteiger partial charge on any atom is -0.461 e. The average Bonchev–Trinajstić information content (AvgIpc) is 2.94. The van der Waals surface area contributed by atoms with Crippen LogP contribution in [0.25, 0.3) is 0 Å². The quantitative estimate of drug-likeness (QED) is 0.541. The maximum atomic E-state index is 11.4. The zero-order chi connectivity index (χ0) is 13.7. The van der Waals surface area contributed by atoms with Crippen LogP contribution in [0, 0.1) is 11.8 Å². The lowest BCUT2D eigenvalue weighted by atomic mass is 10.3. The molecule has 1 unspecified atom stereocenters. The van der Waals surface area contributed by atoms with E-state index in [0.29, 0.717) is 19.5 Å². The van der Waals surface area contributed by atoms with Gasteiger partial charge in [0.05, 0.1) is 13.1 Å². The lowest BCUT2D eigenvalue weighted by Crippen LogP contribution is -2.26. The van der Waals surface area contributed by atoms with E-state index in [1.165, 1.54) is 6.92 Å². The highest BCUT2D eigenvalue weighted by Crippen LogP contribution is 2.12. The molecule has 0 N–H and O–H groups in total. The number of ether oxygens (including phenoxy) is 1. The van der Waals surface area contributed by atoms with Gasteiger partial charge < -0.3 is 9.64 Å². The monoisotopic (exact) mass is 264 g/mol. The van der Waals surface area contributed by atoms with Crippen LogP contribution < -0.4 is 0 Å². The largest absolute Gasteiger partial charge is 0.461 e. The van der Waals surface area contributed by atoms with Gasteiger partial charge in [-0.05, 0) is 12.8 Å². The second kappa shape index (κ2) is 6.58. The molecule has 5 nitrogen and oxygen atoms in total. The topological polar surface area (TPSA) is 49.9 Å². The molecule has 0 aromatic rings. The number of rotatable bonds is 3. The zero-order valence-electron chi connectivity index (χ0n) is 11.4. The standard InChI is InChI=1S/C14H20N2O3/c1-12(17)19-13-6-10-15(11-13)7-2-3-8-16-9-4-5-14(16)18/h13H,4-11H2,1H3. The molecule has 2 saturated heterocycles. The molecule has 0 aliphatic carbocycles. The Labute approximate surface area is 113 Å². The number of nitrogens with zero attached hydrogens (tertiary/aromatic N) is 2. The molecule has 5 heteroatoms. The summed E-state index contributed by atoms with van der Waals surface area (Å²) in [7, 11) is 0. The van der Waals surface area contributed by atoms with Gasteiger partial charge in [0.15, 0.2) is 0 Å². The normalized spacial score (nSPS) is 23.3. The van der Waals surface area contributed by atoms with E-state index < -0.39 is 0 Å². The Bertz CT molecular complexity index is 411. The second-order valence-corrected chi connectivity index (χ2v) is 5.03. The van der Waals surface area contributed by atoms with Crippen LogP contribution in [0.15, 0.2) is 0 Å².